The zero-order valence-corrected chi connectivity index (χ0v) is 14.6. The number of ether oxygens (including phenoxy) is 1. The Morgan fingerprint density at radius 2 is 1.87 bits per heavy atom. The van der Waals surface area contributed by atoms with Crippen molar-refractivity contribution in [1.29, 1.82) is 0 Å². The number of carbonyl (C=O) groups is 2. The number of hydrogen-bond donors (Lipinski definition) is 0. The Hall–Kier alpha value is -1.12. The monoisotopic (exact) mass is 316 g/mol. The zero-order valence-electron chi connectivity index (χ0n) is 14.6. The third-order valence-corrected chi connectivity index (χ3v) is 8.15. The summed E-state index contributed by atoms with van der Waals surface area (Å²) >= 11 is 0. The van der Waals surface area contributed by atoms with Gasteiger partial charge in [-0.3, -0.25) is 9.59 Å². The van der Waals surface area contributed by atoms with Crippen LogP contribution in [0.5, 0.6) is 0 Å². The van der Waals surface area contributed by atoms with Crippen LogP contribution in [0.2, 0.25) is 0 Å². The van der Waals surface area contributed by atoms with Gasteiger partial charge in [-0.1, -0.05) is 19.9 Å². The average Bonchev–Trinajstić information content (AvgIpc) is 2.64. The van der Waals surface area contributed by atoms with Crippen LogP contribution in [0.3, 0.4) is 0 Å². The quantitative estimate of drug-likeness (QED) is 0.541. The van der Waals surface area contributed by atoms with Crippen molar-refractivity contribution in [3.8, 4) is 0 Å². The van der Waals surface area contributed by atoms with E-state index in [0.717, 1.165) is 38.5 Å². The Labute approximate surface area is 138 Å². The molecule has 1 heterocycles. The summed E-state index contributed by atoms with van der Waals surface area (Å²) in [6, 6.07) is 0. The van der Waals surface area contributed by atoms with Crippen molar-refractivity contribution < 1.29 is 14.3 Å². The van der Waals surface area contributed by atoms with E-state index < -0.39 is 11.0 Å². The van der Waals surface area contributed by atoms with E-state index in [1.165, 1.54) is 0 Å². The van der Waals surface area contributed by atoms with Crippen LogP contribution < -0.4 is 0 Å². The molecule has 0 aromatic heterocycles. The van der Waals surface area contributed by atoms with Gasteiger partial charge in [-0.15, -0.1) is 6.58 Å². The summed E-state index contributed by atoms with van der Waals surface area (Å²) in [5.74, 6) is 0.239. The second kappa shape index (κ2) is 4.29. The zero-order chi connectivity index (χ0) is 16.7. The summed E-state index contributed by atoms with van der Waals surface area (Å²) in [5, 5.41) is 0. The predicted molar refractivity (Wildman–Crippen MR) is 87.6 cm³/mol. The highest BCUT2D eigenvalue weighted by molar-refractivity contribution is 5.95. The Morgan fingerprint density at radius 3 is 2.57 bits per heavy atom. The molecule has 2 unspecified atom stereocenters. The smallest absolute Gasteiger partial charge is 0.313 e. The minimum atomic E-state index is -0.581. The first-order valence-corrected chi connectivity index (χ1v) is 9.11. The minimum absolute atomic E-state index is 0.0675. The molecule has 126 valence electrons. The summed E-state index contributed by atoms with van der Waals surface area (Å²) in [5.41, 5.74) is -1.08. The van der Waals surface area contributed by atoms with Gasteiger partial charge >= 0.3 is 5.97 Å². The maximum absolute atomic E-state index is 13.1. The van der Waals surface area contributed by atoms with Gasteiger partial charge in [-0.05, 0) is 56.8 Å². The summed E-state index contributed by atoms with van der Waals surface area (Å²) < 4.78 is 6.14. The molecule has 4 fully saturated rings. The Morgan fingerprint density at radius 1 is 1.13 bits per heavy atom. The van der Waals surface area contributed by atoms with E-state index in [1.54, 1.807) is 0 Å². The lowest BCUT2D eigenvalue weighted by Gasteiger charge is -2.61. The fourth-order valence-electron chi connectivity index (χ4n) is 6.52. The number of ketones is 1. The molecule has 0 N–H and O–H groups in total. The van der Waals surface area contributed by atoms with Gasteiger partial charge < -0.3 is 4.74 Å². The molecule has 6 atom stereocenters. The largest absolute Gasteiger partial charge is 0.457 e. The van der Waals surface area contributed by atoms with Gasteiger partial charge in [-0.25, -0.2) is 0 Å². The summed E-state index contributed by atoms with van der Waals surface area (Å²) in [6.07, 6.45) is 8.41. The first-order valence-electron chi connectivity index (χ1n) is 9.11. The molecular formula is C20H28O3. The fourth-order valence-corrected chi connectivity index (χ4v) is 6.52. The maximum atomic E-state index is 13.1. The van der Waals surface area contributed by atoms with Crippen molar-refractivity contribution in [1.82, 2.24) is 0 Å². The third-order valence-electron chi connectivity index (χ3n) is 8.15. The van der Waals surface area contributed by atoms with E-state index in [9.17, 15) is 9.59 Å². The van der Waals surface area contributed by atoms with Gasteiger partial charge in [0.15, 0.2) is 0 Å². The van der Waals surface area contributed by atoms with Crippen LogP contribution in [0.25, 0.3) is 0 Å². The third kappa shape index (κ3) is 1.62. The highest BCUT2D eigenvalue weighted by Crippen LogP contribution is 2.70. The molecule has 2 bridgehead atoms. The van der Waals surface area contributed by atoms with Crippen molar-refractivity contribution in [3.05, 3.63) is 12.7 Å². The number of esters is 1. The van der Waals surface area contributed by atoms with Gasteiger partial charge in [0.2, 0.25) is 0 Å². The molecule has 0 amide bonds. The molecule has 3 heteroatoms. The first kappa shape index (κ1) is 15.4. The molecule has 23 heavy (non-hydrogen) atoms. The average molecular weight is 316 g/mol. The van der Waals surface area contributed by atoms with Gasteiger partial charge in [0, 0.05) is 11.8 Å². The molecular weight excluding hydrogens is 288 g/mol. The normalized spacial score (nSPS) is 54.9. The molecule has 3 aliphatic carbocycles. The molecule has 4 rings (SSSR count). The highest BCUT2D eigenvalue weighted by Gasteiger charge is 2.76. The summed E-state index contributed by atoms with van der Waals surface area (Å²) in [4.78, 5) is 25.8. The van der Waals surface area contributed by atoms with Crippen molar-refractivity contribution in [2.45, 2.75) is 71.3 Å². The van der Waals surface area contributed by atoms with Crippen molar-refractivity contribution in [2.75, 3.05) is 0 Å². The van der Waals surface area contributed by atoms with Gasteiger partial charge in [-0.2, -0.15) is 0 Å². The van der Waals surface area contributed by atoms with Gasteiger partial charge in [0.05, 0.1) is 11.3 Å². The number of Topliss-reactive ketones (excluding diaryl/α,β-unsaturated/α-hetero) is 1. The fraction of sp³-hybridized carbons (Fsp3) is 0.800. The van der Waals surface area contributed by atoms with Crippen LogP contribution in [0.1, 0.15) is 65.7 Å². The standard InChI is InChI=1S/C20H28O3/c1-5-17(2)9-10-19(4)13(12-17)11-14(21)15-18(3)7-6-8-20(15,19)23-16(18)22/h5,13,15H,1,6-12H2,2-4H3/t13?,15?,17-,18+,19-,20-/m1/s1. The van der Waals surface area contributed by atoms with E-state index in [2.05, 4.69) is 26.5 Å². The van der Waals surface area contributed by atoms with Gasteiger partial charge in [0.25, 0.3) is 0 Å². The second-order valence-electron chi connectivity index (χ2n) is 9.33. The van der Waals surface area contributed by atoms with E-state index in [-0.39, 0.29) is 28.5 Å². The molecule has 0 aromatic carbocycles. The number of rotatable bonds is 1. The lowest BCUT2D eigenvalue weighted by Crippen LogP contribution is -2.65. The molecule has 0 aromatic rings. The predicted octanol–water partition coefficient (Wildman–Crippen LogP) is 4.06. The Balaban J connectivity index is 1.83. The first-order chi connectivity index (χ1) is 10.7. The second-order valence-corrected chi connectivity index (χ2v) is 9.33. The maximum Gasteiger partial charge on any atom is 0.313 e. The van der Waals surface area contributed by atoms with Crippen LogP contribution >= 0.6 is 0 Å². The highest BCUT2D eigenvalue weighted by atomic mass is 16.6. The molecule has 4 aliphatic rings. The van der Waals surface area contributed by atoms with Crippen LogP contribution in [0.15, 0.2) is 12.7 Å². The Bertz CT molecular complexity index is 610. The van der Waals surface area contributed by atoms with E-state index >= 15 is 0 Å². The van der Waals surface area contributed by atoms with E-state index in [0.29, 0.717) is 12.3 Å². The van der Waals surface area contributed by atoms with Crippen LogP contribution in [0.4, 0.5) is 0 Å². The van der Waals surface area contributed by atoms with E-state index in [1.807, 2.05) is 6.92 Å². The molecule has 3 saturated carbocycles. The van der Waals surface area contributed by atoms with Crippen molar-refractivity contribution in [3.63, 3.8) is 0 Å². The summed E-state index contributed by atoms with van der Waals surface area (Å²) in [7, 11) is 0. The SMILES string of the molecule is C=C[C@]1(C)CC[C@]2(C)C(CC(=O)C3[C@]4(C)CCC[C@@]32OC4=O)C1. The lowest BCUT2D eigenvalue weighted by molar-refractivity contribution is -0.201. The topological polar surface area (TPSA) is 43.4 Å². The van der Waals surface area contributed by atoms with Crippen molar-refractivity contribution in [2.24, 2.45) is 28.1 Å². The van der Waals surface area contributed by atoms with Crippen LogP contribution in [-0.2, 0) is 14.3 Å². The van der Waals surface area contributed by atoms with Crippen molar-refractivity contribution >= 4 is 11.8 Å². The van der Waals surface area contributed by atoms with Crippen LogP contribution in [0, 0.1) is 28.1 Å². The Kier molecular flexibility index (Phi) is 2.87. The molecule has 1 saturated heterocycles. The molecule has 0 radical (unpaired) electrons. The van der Waals surface area contributed by atoms with E-state index in [4.69, 9.17) is 4.74 Å². The lowest BCUT2D eigenvalue weighted by atomic mass is 9.42. The van der Waals surface area contributed by atoms with Gasteiger partial charge in [0.1, 0.15) is 11.4 Å². The minimum Gasteiger partial charge on any atom is -0.457 e. The number of hydrogen-bond acceptors (Lipinski definition) is 3. The number of carbonyl (C=O) groups excluding carboxylic acids is 2. The number of allylic oxidation sites excluding steroid dienone is 1. The molecule has 1 aliphatic heterocycles. The molecule has 0 spiro atoms. The summed E-state index contributed by atoms with van der Waals surface area (Å²) in [6.45, 7) is 10.5. The van der Waals surface area contributed by atoms with Crippen LogP contribution in [-0.4, -0.2) is 17.4 Å². The molecule has 3 nitrogen and oxygen atoms in total. The number of fused-ring (bicyclic) bond motifs is 1.